The minimum atomic E-state index is -0.762. The van der Waals surface area contributed by atoms with Crippen molar-refractivity contribution in [3.05, 3.63) is 93.2 Å². The summed E-state index contributed by atoms with van der Waals surface area (Å²) in [4.78, 5) is 36.6. The molecule has 3 aromatic carbocycles. The van der Waals surface area contributed by atoms with E-state index >= 15 is 0 Å². The van der Waals surface area contributed by atoms with Crippen LogP contribution in [0, 0.1) is 10.1 Å². The Morgan fingerprint density at radius 2 is 1.57 bits per heavy atom. The predicted octanol–water partition coefficient (Wildman–Crippen LogP) is 2.97. The van der Waals surface area contributed by atoms with E-state index in [0.29, 0.717) is 28.4 Å². The van der Waals surface area contributed by atoms with E-state index in [1.54, 1.807) is 48.5 Å². The molecule has 0 aromatic heterocycles. The molecule has 37 heavy (non-hydrogen) atoms. The highest BCUT2D eigenvalue weighted by Crippen LogP contribution is 2.37. The van der Waals surface area contributed by atoms with Gasteiger partial charge in [0.05, 0.1) is 22.8 Å². The summed E-state index contributed by atoms with van der Waals surface area (Å²) in [7, 11) is 0. The average Bonchev–Trinajstić information content (AvgIpc) is 3.56. The molecule has 0 fully saturated rings. The second-order valence-corrected chi connectivity index (χ2v) is 7.71. The molecule has 0 radical (unpaired) electrons. The number of ether oxygens (including phenoxy) is 4. The molecule has 0 atom stereocenters. The van der Waals surface area contributed by atoms with E-state index in [1.807, 2.05) is 0 Å². The maximum absolute atomic E-state index is 13.0. The maximum Gasteiger partial charge on any atom is 0.287 e. The monoisotopic (exact) mass is 502 g/mol. The van der Waals surface area contributed by atoms with Crippen LogP contribution >= 0.6 is 0 Å². The molecule has 0 spiro atoms. The van der Waals surface area contributed by atoms with Gasteiger partial charge in [0.15, 0.2) is 23.0 Å². The van der Waals surface area contributed by atoms with Crippen LogP contribution in [-0.2, 0) is 4.79 Å². The lowest BCUT2D eigenvalue weighted by molar-refractivity contribution is -0.385. The van der Waals surface area contributed by atoms with Gasteiger partial charge in [-0.15, -0.1) is 0 Å². The van der Waals surface area contributed by atoms with Crippen LogP contribution in [0.25, 0.3) is 6.08 Å². The fourth-order valence-electron chi connectivity index (χ4n) is 3.54. The summed E-state index contributed by atoms with van der Waals surface area (Å²) in [6.45, 7) is 0.0280. The summed E-state index contributed by atoms with van der Waals surface area (Å²) in [5.74, 6) is 0.338. The lowest BCUT2D eigenvalue weighted by atomic mass is 10.1. The van der Waals surface area contributed by atoms with Crippen LogP contribution in [0.2, 0.25) is 0 Å². The molecule has 0 unspecified atom stereocenters. The molecule has 2 N–H and O–H groups in total. The van der Waals surface area contributed by atoms with Crippen LogP contribution < -0.4 is 29.7 Å². The summed E-state index contributed by atoms with van der Waals surface area (Å²) in [5, 5.41) is 17.9. The molecule has 2 aliphatic heterocycles. The molecule has 3 aromatic rings. The zero-order chi connectivity index (χ0) is 25.8. The number of nitro groups is 1. The van der Waals surface area contributed by atoms with Gasteiger partial charge in [-0.05, 0) is 42.0 Å². The van der Waals surface area contributed by atoms with Crippen molar-refractivity contribution in [3.8, 4) is 23.0 Å². The summed E-state index contributed by atoms with van der Waals surface area (Å²) < 4.78 is 21.1. The van der Waals surface area contributed by atoms with Gasteiger partial charge in [0.25, 0.3) is 17.5 Å². The highest BCUT2D eigenvalue weighted by molar-refractivity contribution is 6.05. The van der Waals surface area contributed by atoms with Gasteiger partial charge in [-0.3, -0.25) is 19.7 Å². The van der Waals surface area contributed by atoms with Gasteiger partial charge in [0.1, 0.15) is 5.70 Å². The number of hydrogen-bond acceptors (Lipinski definition) is 9. The highest BCUT2D eigenvalue weighted by atomic mass is 16.7. The van der Waals surface area contributed by atoms with Gasteiger partial charge in [0, 0.05) is 5.56 Å². The Labute approximate surface area is 209 Å². The molecule has 186 valence electrons. The van der Waals surface area contributed by atoms with E-state index in [4.69, 9.17) is 18.9 Å². The van der Waals surface area contributed by atoms with E-state index < -0.39 is 16.7 Å². The van der Waals surface area contributed by atoms with Crippen molar-refractivity contribution in [1.29, 1.82) is 0 Å². The van der Waals surface area contributed by atoms with Crippen molar-refractivity contribution in [2.45, 2.75) is 0 Å². The van der Waals surface area contributed by atoms with Crippen molar-refractivity contribution in [3.63, 3.8) is 0 Å². The fourth-order valence-corrected chi connectivity index (χ4v) is 3.54. The van der Waals surface area contributed by atoms with E-state index in [-0.39, 0.29) is 36.3 Å². The Bertz CT molecular complexity index is 1450. The number of hydrazone groups is 1. The second-order valence-electron chi connectivity index (χ2n) is 7.71. The lowest BCUT2D eigenvalue weighted by Crippen LogP contribution is -2.32. The molecule has 2 heterocycles. The van der Waals surface area contributed by atoms with Crippen LogP contribution in [-0.4, -0.2) is 36.5 Å². The number of nitrogens with one attached hydrogen (secondary N) is 2. The molecule has 5 rings (SSSR count). The van der Waals surface area contributed by atoms with Gasteiger partial charge >= 0.3 is 0 Å². The minimum absolute atomic E-state index is 0.0566. The van der Waals surface area contributed by atoms with Crippen molar-refractivity contribution in [1.82, 2.24) is 10.7 Å². The smallest absolute Gasteiger partial charge is 0.287 e. The molecule has 0 bridgehead atoms. The number of rotatable bonds is 7. The number of benzene rings is 3. The van der Waals surface area contributed by atoms with Crippen LogP contribution in [0.15, 0.2) is 71.5 Å². The second kappa shape index (κ2) is 10.1. The number of carbonyl (C=O) groups excluding carboxylic acids is 2. The molecule has 0 saturated carbocycles. The average molecular weight is 502 g/mol. The zero-order valence-electron chi connectivity index (χ0n) is 19.0. The SMILES string of the molecule is O=C(NN=Cc1cc2c(cc1[N+](=O)[O-])OCO2)C(=Cc1ccc2c(c1)OCO2)NC(=O)c1ccccc1. The zero-order valence-corrected chi connectivity index (χ0v) is 19.0. The van der Waals surface area contributed by atoms with Crippen LogP contribution in [0.5, 0.6) is 23.0 Å². The number of hydrogen-bond donors (Lipinski definition) is 2. The number of amides is 2. The van der Waals surface area contributed by atoms with Gasteiger partial charge in [-0.1, -0.05) is 24.3 Å². The quantitative estimate of drug-likeness (QED) is 0.217. The Morgan fingerprint density at radius 3 is 2.30 bits per heavy atom. The Morgan fingerprint density at radius 1 is 0.892 bits per heavy atom. The van der Waals surface area contributed by atoms with Gasteiger partial charge in [-0.25, -0.2) is 5.43 Å². The van der Waals surface area contributed by atoms with Crippen molar-refractivity contribution >= 4 is 29.8 Å². The van der Waals surface area contributed by atoms with Crippen molar-refractivity contribution in [2.75, 3.05) is 13.6 Å². The van der Waals surface area contributed by atoms with E-state index in [1.165, 1.54) is 18.2 Å². The van der Waals surface area contributed by atoms with Crippen LogP contribution in [0.3, 0.4) is 0 Å². The molecular formula is C25H18N4O8. The van der Waals surface area contributed by atoms with Crippen LogP contribution in [0.1, 0.15) is 21.5 Å². The first-order valence-corrected chi connectivity index (χ1v) is 10.9. The lowest BCUT2D eigenvalue weighted by Gasteiger charge is -2.09. The Hall–Kier alpha value is -5.39. The van der Waals surface area contributed by atoms with E-state index in [2.05, 4.69) is 15.8 Å². The molecule has 0 aliphatic carbocycles. The number of carbonyl (C=O) groups is 2. The Kier molecular flexibility index (Phi) is 6.36. The predicted molar refractivity (Wildman–Crippen MR) is 129 cm³/mol. The molecule has 12 nitrogen and oxygen atoms in total. The number of fused-ring (bicyclic) bond motifs is 2. The first kappa shape index (κ1) is 23.4. The van der Waals surface area contributed by atoms with E-state index in [0.717, 1.165) is 6.21 Å². The number of nitro benzene ring substituents is 1. The fraction of sp³-hybridized carbons (Fsp3) is 0.0800. The molecular weight excluding hydrogens is 484 g/mol. The first-order chi connectivity index (χ1) is 18.0. The third-order valence-electron chi connectivity index (χ3n) is 5.32. The summed E-state index contributed by atoms with van der Waals surface area (Å²) in [5.41, 5.74) is 2.87. The van der Waals surface area contributed by atoms with Crippen molar-refractivity contribution in [2.24, 2.45) is 5.10 Å². The molecule has 2 amide bonds. The summed E-state index contributed by atoms with van der Waals surface area (Å²) >= 11 is 0. The maximum atomic E-state index is 13.0. The molecule has 12 heteroatoms. The summed E-state index contributed by atoms with van der Waals surface area (Å²) in [6.07, 6.45) is 2.55. The van der Waals surface area contributed by atoms with Gasteiger partial charge < -0.3 is 24.3 Å². The number of nitrogens with zero attached hydrogens (tertiary/aromatic N) is 2. The highest BCUT2D eigenvalue weighted by Gasteiger charge is 2.23. The van der Waals surface area contributed by atoms with Gasteiger partial charge in [0.2, 0.25) is 13.6 Å². The van der Waals surface area contributed by atoms with Crippen molar-refractivity contribution < 1.29 is 33.5 Å². The third-order valence-corrected chi connectivity index (χ3v) is 5.32. The largest absolute Gasteiger partial charge is 0.454 e. The third kappa shape index (κ3) is 5.17. The summed E-state index contributed by atoms with van der Waals surface area (Å²) in [6, 6.07) is 16.0. The van der Waals surface area contributed by atoms with E-state index in [9.17, 15) is 19.7 Å². The minimum Gasteiger partial charge on any atom is -0.454 e. The topological polar surface area (TPSA) is 151 Å². The van der Waals surface area contributed by atoms with Crippen LogP contribution in [0.4, 0.5) is 5.69 Å². The Balaban J connectivity index is 1.39. The molecule has 2 aliphatic rings. The standard InChI is InChI=1S/C25H18N4O8/c30-24(16-4-2-1-3-5-16)27-18(8-15-6-7-20-21(9-15)35-13-34-20)25(31)28-26-12-17-10-22-23(37-14-36-22)11-19(17)29(32)33/h1-12H,13-14H2,(H,27,30)(H,28,31). The normalized spacial score (nSPS) is 13.5. The first-order valence-electron chi connectivity index (χ1n) is 10.9. The molecule has 0 saturated heterocycles. The van der Waals surface area contributed by atoms with Gasteiger partial charge in [-0.2, -0.15) is 5.10 Å².